The van der Waals surface area contributed by atoms with Gasteiger partial charge in [-0.25, -0.2) is 4.98 Å². The summed E-state index contributed by atoms with van der Waals surface area (Å²) in [6.07, 6.45) is 1.31. The van der Waals surface area contributed by atoms with Crippen molar-refractivity contribution >= 4 is 38.3 Å². The van der Waals surface area contributed by atoms with E-state index in [1.165, 1.54) is 10.4 Å². The van der Waals surface area contributed by atoms with Gasteiger partial charge in [-0.15, -0.1) is 11.3 Å². The number of aryl methyl sites for hydroxylation is 1. The maximum atomic E-state index is 11.4. The van der Waals surface area contributed by atoms with Gasteiger partial charge in [0.25, 0.3) is 0 Å². The molecule has 0 unspecified atom stereocenters. The van der Waals surface area contributed by atoms with Crippen LogP contribution in [0.25, 0.3) is 0 Å². The first kappa shape index (κ1) is 14.2. The van der Waals surface area contributed by atoms with Gasteiger partial charge in [-0.2, -0.15) is 0 Å². The van der Waals surface area contributed by atoms with E-state index in [9.17, 15) is 4.79 Å². The van der Waals surface area contributed by atoms with E-state index in [0.717, 1.165) is 16.6 Å². The third-order valence-corrected chi connectivity index (χ3v) is 4.28. The molecule has 1 N–H and O–H groups in total. The predicted molar refractivity (Wildman–Crippen MR) is 82.7 cm³/mol. The fourth-order valence-electron chi connectivity index (χ4n) is 1.69. The molecule has 2 rings (SSSR count). The molecule has 0 aliphatic carbocycles. The van der Waals surface area contributed by atoms with E-state index < -0.39 is 0 Å². The molecule has 0 spiro atoms. The molecular formula is C14H15BrN2OS. The maximum Gasteiger partial charge on any atom is 0.225 e. The Labute approximate surface area is 125 Å². The fraction of sp³-hybridized carbons (Fsp3) is 0.286. The van der Waals surface area contributed by atoms with E-state index in [1.807, 2.05) is 26.0 Å². The van der Waals surface area contributed by atoms with Gasteiger partial charge in [0.1, 0.15) is 0 Å². The molecule has 1 aromatic heterocycles. The molecule has 0 bridgehead atoms. The van der Waals surface area contributed by atoms with E-state index in [1.54, 1.807) is 11.3 Å². The van der Waals surface area contributed by atoms with Gasteiger partial charge in [-0.05, 0) is 24.6 Å². The van der Waals surface area contributed by atoms with Crippen LogP contribution < -0.4 is 5.32 Å². The van der Waals surface area contributed by atoms with Crippen LogP contribution in [0.3, 0.4) is 0 Å². The van der Waals surface area contributed by atoms with Crippen LogP contribution in [-0.2, 0) is 11.2 Å². The van der Waals surface area contributed by atoms with Gasteiger partial charge in [0, 0.05) is 22.2 Å². The Kier molecular flexibility index (Phi) is 4.71. The Morgan fingerprint density at radius 1 is 1.47 bits per heavy atom. The Bertz CT molecular complexity index is 595. The minimum atomic E-state index is 0.00255. The van der Waals surface area contributed by atoms with Crippen LogP contribution in [0.4, 0.5) is 5.13 Å². The smallest absolute Gasteiger partial charge is 0.225 e. The Balaban J connectivity index is 2.15. The highest BCUT2D eigenvalue weighted by molar-refractivity contribution is 9.10. The van der Waals surface area contributed by atoms with Gasteiger partial charge in [0.05, 0.1) is 5.69 Å². The standard InChI is InChI=1S/C14H15BrN2OS/c1-3-13(18)17-14-16-9(2)12(19-14)8-10-5-4-6-11(15)7-10/h4-7H,3,8H2,1-2H3,(H,16,17,18). The summed E-state index contributed by atoms with van der Waals surface area (Å²) < 4.78 is 1.08. The number of nitrogens with one attached hydrogen (secondary N) is 1. The summed E-state index contributed by atoms with van der Waals surface area (Å²) >= 11 is 5.02. The number of benzene rings is 1. The molecule has 1 amide bonds. The summed E-state index contributed by atoms with van der Waals surface area (Å²) in [6, 6.07) is 8.23. The van der Waals surface area contributed by atoms with Crippen molar-refractivity contribution in [1.29, 1.82) is 0 Å². The Hall–Kier alpha value is -1.20. The summed E-state index contributed by atoms with van der Waals surface area (Å²) in [5.74, 6) is 0.00255. The number of thiazole rings is 1. The Morgan fingerprint density at radius 3 is 2.95 bits per heavy atom. The zero-order valence-electron chi connectivity index (χ0n) is 10.9. The highest BCUT2D eigenvalue weighted by Crippen LogP contribution is 2.26. The lowest BCUT2D eigenvalue weighted by molar-refractivity contribution is -0.115. The zero-order valence-corrected chi connectivity index (χ0v) is 13.3. The molecule has 1 aromatic carbocycles. The second-order valence-corrected chi connectivity index (χ2v) is 6.24. The number of halogens is 1. The molecule has 0 saturated carbocycles. The molecule has 100 valence electrons. The molecule has 0 radical (unpaired) electrons. The van der Waals surface area contributed by atoms with Crippen LogP contribution in [0.15, 0.2) is 28.7 Å². The van der Waals surface area contributed by atoms with Crippen LogP contribution in [0, 0.1) is 6.92 Å². The second kappa shape index (κ2) is 6.30. The van der Waals surface area contributed by atoms with E-state index >= 15 is 0 Å². The van der Waals surface area contributed by atoms with Crippen LogP contribution in [0.2, 0.25) is 0 Å². The van der Waals surface area contributed by atoms with Crippen LogP contribution >= 0.6 is 27.3 Å². The van der Waals surface area contributed by atoms with Crippen molar-refractivity contribution in [2.45, 2.75) is 26.7 Å². The molecule has 0 saturated heterocycles. The third-order valence-electron chi connectivity index (χ3n) is 2.71. The molecule has 1 heterocycles. The quantitative estimate of drug-likeness (QED) is 0.909. The minimum absolute atomic E-state index is 0.00255. The van der Waals surface area contributed by atoms with Crippen LogP contribution in [0.1, 0.15) is 29.5 Å². The first-order valence-electron chi connectivity index (χ1n) is 6.09. The molecule has 19 heavy (non-hydrogen) atoms. The number of carbonyl (C=O) groups excluding carboxylic acids is 1. The van der Waals surface area contributed by atoms with Crippen molar-refractivity contribution in [2.75, 3.05) is 5.32 Å². The van der Waals surface area contributed by atoms with Crippen molar-refractivity contribution in [3.05, 3.63) is 44.9 Å². The molecule has 0 atom stereocenters. The molecule has 3 nitrogen and oxygen atoms in total. The Morgan fingerprint density at radius 2 is 2.26 bits per heavy atom. The number of anilines is 1. The van der Waals surface area contributed by atoms with Crippen molar-refractivity contribution in [3.63, 3.8) is 0 Å². The number of hydrogen-bond acceptors (Lipinski definition) is 3. The third kappa shape index (κ3) is 3.88. The lowest BCUT2D eigenvalue weighted by Gasteiger charge is -2.00. The highest BCUT2D eigenvalue weighted by atomic mass is 79.9. The topological polar surface area (TPSA) is 42.0 Å². The molecule has 0 aliphatic heterocycles. The van der Waals surface area contributed by atoms with Crippen molar-refractivity contribution in [2.24, 2.45) is 0 Å². The highest BCUT2D eigenvalue weighted by Gasteiger charge is 2.10. The van der Waals surface area contributed by atoms with E-state index in [0.29, 0.717) is 11.6 Å². The molecular weight excluding hydrogens is 324 g/mol. The average Bonchev–Trinajstić information content (AvgIpc) is 2.69. The van der Waals surface area contributed by atoms with E-state index in [-0.39, 0.29) is 5.91 Å². The monoisotopic (exact) mass is 338 g/mol. The predicted octanol–water partition coefficient (Wildman–Crippen LogP) is 4.15. The van der Waals surface area contributed by atoms with Gasteiger partial charge in [-0.1, -0.05) is 35.0 Å². The van der Waals surface area contributed by atoms with Gasteiger partial charge >= 0.3 is 0 Å². The van der Waals surface area contributed by atoms with Gasteiger partial charge in [0.15, 0.2) is 5.13 Å². The first-order chi connectivity index (χ1) is 9.08. The summed E-state index contributed by atoms with van der Waals surface area (Å²) in [4.78, 5) is 16.9. The lowest BCUT2D eigenvalue weighted by Crippen LogP contribution is -2.08. The first-order valence-corrected chi connectivity index (χ1v) is 7.70. The van der Waals surface area contributed by atoms with Crippen LogP contribution in [-0.4, -0.2) is 10.9 Å². The fourth-order valence-corrected chi connectivity index (χ4v) is 3.15. The normalized spacial score (nSPS) is 10.5. The maximum absolute atomic E-state index is 11.4. The number of nitrogens with zero attached hydrogens (tertiary/aromatic N) is 1. The summed E-state index contributed by atoms with van der Waals surface area (Å²) in [5.41, 5.74) is 2.21. The molecule has 0 aliphatic rings. The minimum Gasteiger partial charge on any atom is -0.302 e. The number of rotatable bonds is 4. The molecule has 0 fully saturated rings. The van der Waals surface area contributed by atoms with Gasteiger partial charge in [-0.3, -0.25) is 4.79 Å². The number of aromatic nitrogens is 1. The van der Waals surface area contributed by atoms with Crippen molar-refractivity contribution < 1.29 is 4.79 Å². The second-order valence-electron chi connectivity index (χ2n) is 4.24. The number of hydrogen-bond donors (Lipinski definition) is 1. The number of carbonyl (C=O) groups is 1. The largest absolute Gasteiger partial charge is 0.302 e. The molecule has 5 heteroatoms. The summed E-state index contributed by atoms with van der Waals surface area (Å²) in [5, 5.41) is 3.50. The summed E-state index contributed by atoms with van der Waals surface area (Å²) in [7, 11) is 0. The van der Waals surface area contributed by atoms with Crippen LogP contribution in [0.5, 0.6) is 0 Å². The van der Waals surface area contributed by atoms with E-state index in [4.69, 9.17) is 0 Å². The zero-order chi connectivity index (χ0) is 13.8. The van der Waals surface area contributed by atoms with Gasteiger partial charge < -0.3 is 5.32 Å². The summed E-state index contributed by atoms with van der Waals surface area (Å²) in [6.45, 7) is 3.81. The van der Waals surface area contributed by atoms with Gasteiger partial charge in [0.2, 0.25) is 5.91 Å². The number of amides is 1. The molecule has 2 aromatic rings. The average molecular weight is 339 g/mol. The van der Waals surface area contributed by atoms with Crippen molar-refractivity contribution in [1.82, 2.24) is 4.98 Å². The van der Waals surface area contributed by atoms with Crippen molar-refractivity contribution in [3.8, 4) is 0 Å². The lowest BCUT2D eigenvalue weighted by atomic mass is 10.1. The van der Waals surface area contributed by atoms with E-state index in [2.05, 4.69) is 38.4 Å². The SMILES string of the molecule is CCC(=O)Nc1nc(C)c(Cc2cccc(Br)c2)s1.